The fraction of sp³-hybridized carbons (Fsp3) is 0.308. The summed E-state index contributed by atoms with van der Waals surface area (Å²) in [6.07, 6.45) is 0.977. The number of nitrogens with zero attached hydrogens (tertiary/aromatic N) is 1. The number of aryl methyl sites for hydroxylation is 1. The first-order valence-electron chi connectivity index (χ1n) is 5.88. The number of hydrogen-bond donors (Lipinski definition) is 3. The van der Waals surface area contributed by atoms with E-state index in [2.05, 4.69) is 36.3 Å². The zero-order valence-electron chi connectivity index (χ0n) is 10.6. The molecule has 5 heteroatoms. The lowest BCUT2D eigenvalue weighted by atomic mass is 10.2. The van der Waals surface area contributed by atoms with Gasteiger partial charge in [-0.1, -0.05) is 0 Å². The molecule has 18 heavy (non-hydrogen) atoms. The fourth-order valence-corrected chi connectivity index (χ4v) is 2.79. The predicted octanol–water partition coefficient (Wildman–Crippen LogP) is 2.66. The van der Waals surface area contributed by atoms with Gasteiger partial charge in [0.15, 0.2) is 0 Å². The van der Waals surface area contributed by atoms with Crippen LogP contribution in [-0.4, -0.2) is 11.0 Å². The molecule has 1 unspecified atom stereocenters. The van der Waals surface area contributed by atoms with Crippen molar-refractivity contribution in [2.75, 3.05) is 16.8 Å². The van der Waals surface area contributed by atoms with Crippen LogP contribution in [0.3, 0.4) is 0 Å². The number of aromatic nitrogens is 1. The molecule has 96 valence electrons. The fourth-order valence-electron chi connectivity index (χ4n) is 1.77. The summed E-state index contributed by atoms with van der Waals surface area (Å²) in [6, 6.07) is 8.24. The molecule has 2 aromatic rings. The van der Waals surface area contributed by atoms with E-state index < -0.39 is 0 Å². The second kappa shape index (κ2) is 5.27. The second-order valence-corrected chi connectivity index (χ2v) is 5.81. The Morgan fingerprint density at radius 3 is 2.67 bits per heavy atom. The number of rotatable bonds is 4. The van der Waals surface area contributed by atoms with Crippen LogP contribution in [0.2, 0.25) is 0 Å². The van der Waals surface area contributed by atoms with Crippen LogP contribution in [0.1, 0.15) is 16.7 Å². The molecule has 0 saturated heterocycles. The lowest BCUT2D eigenvalue weighted by molar-refractivity contribution is 0.795. The maximum atomic E-state index is 5.68. The minimum absolute atomic E-state index is 0.304. The quantitative estimate of drug-likeness (QED) is 0.791. The van der Waals surface area contributed by atoms with Crippen LogP contribution in [0.15, 0.2) is 24.3 Å². The van der Waals surface area contributed by atoms with Gasteiger partial charge in [0.1, 0.15) is 11.6 Å². The van der Waals surface area contributed by atoms with Crippen molar-refractivity contribution in [1.29, 1.82) is 0 Å². The largest absolute Gasteiger partial charge is 0.396 e. The highest BCUT2D eigenvalue weighted by Gasteiger charge is 2.07. The molecule has 0 bridgehead atoms. The molecule has 5 N–H and O–H groups in total. The number of nitrogens with two attached hydrogens (primary N) is 2. The first kappa shape index (κ1) is 12.7. The van der Waals surface area contributed by atoms with E-state index in [-0.39, 0.29) is 0 Å². The lowest BCUT2D eigenvalue weighted by Gasteiger charge is -2.14. The van der Waals surface area contributed by atoms with Gasteiger partial charge in [-0.3, -0.25) is 0 Å². The SMILES string of the molecule is Cc1ccc(CC(C)Nc2ccc(N)c(N)n2)s1. The predicted molar refractivity (Wildman–Crippen MR) is 78.9 cm³/mol. The summed E-state index contributed by atoms with van der Waals surface area (Å²) in [5, 5.41) is 3.33. The van der Waals surface area contributed by atoms with E-state index in [1.807, 2.05) is 17.4 Å². The molecule has 2 aromatic heterocycles. The summed E-state index contributed by atoms with van der Waals surface area (Å²) in [7, 11) is 0. The highest BCUT2D eigenvalue weighted by atomic mass is 32.1. The van der Waals surface area contributed by atoms with Crippen molar-refractivity contribution in [3.05, 3.63) is 34.0 Å². The molecule has 0 amide bonds. The van der Waals surface area contributed by atoms with E-state index in [1.54, 1.807) is 6.07 Å². The second-order valence-electron chi connectivity index (χ2n) is 4.43. The van der Waals surface area contributed by atoms with E-state index in [9.17, 15) is 0 Å². The van der Waals surface area contributed by atoms with Gasteiger partial charge in [0.2, 0.25) is 0 Å². The molecule has 0 saturated carbocycles. The molecule has 2 heterocycles. The van der Waals surface area contributed by atoms with Gasteiger partial charge in [-0.2, -0.15) is 0 Å². The third-order valence-electron chi connectivity index (χ3n) is 2.66. The molecule has 0 spiro atoms. The van der Waals surface area contributed by atoms with Crippen molar-refractivity contribution in [2.45, 2.75) is 26.3 Å². The van der Waals surface area contributed by atoms with Gasteiger partial charge in [-0.05, 0) is 38.1 Å². The Hall–Kier alpha value is -1.75. The molecule has 0 aliphatic rings. The van der Waals surface area contributed by atoms with Crippen LogP contribution in [0.25, 0.3) is 0 Å². The molecule has 0 aromatic carbocycles. The summed E-state index contributed by atoms with van der Waals surface area (Å²) >= 11 is 1.83. The Kier molecular flexibility index (Phi) is 3.72. The van der Waals surface area contributed by atoms with E-state index in [0.29, 0.717) is 17.5 Å². The summed E-state index contributed by atoms with van der Waals surface area (Å²) in [6.45, 7) is 4.25. The number of thiophene rings is 1. The highest BCUT2D eigenvalue weighted by molar-refractivity contribution is 7.11. The third-order valence-corrected chi connectivity index (χ3v) is 3.68. The minimum atomic E-state index is 0.304. The number of nitrogen functional groups attached to an aromatic ring is 2. The van der Waals surface area contributed by atoms with E-state index in [4.69, 9.17) is 11.5 Å². The Balaban J connectivity index is 1.98. The Labute approximate surface area is 111 Å². The van der Waals surface area contributed by atoms with Crippen molar-refractivity contribution in [1.82, 2.24) is 4.98 Å². The van der Waals surface area contributed by atoms with Crippen LogP contribution in [-0.2, 0) is 6.42 Å². The molecule has 1 atom stereocenters. The maximum Gasteiger partial charge on any atom is 0.149 e. The van der Waals surface area contributed by atoms with Gasteiger partial charge in [0.05, 0.1) is 5.69 Å². The van der Waals surface area contributed by atoms with E-state index in [1.165, 1.54) is 9.75 Å². The Bertz CT molecular complexity index is 536. The zero-order valence-corrected chi connectivity index (χ0v) is 11.4. The molecule has 0 aliphatic carbocycles. The van der Waals surface area contributed by atoms with Gasteiger partial charge in [-0.25, -0.2) is 4.98 Å². The number of pyridine rings is 1. The topological polar surface area (TPSA) is 77.0 Å². The Morgan fingerprint density at radius 1 is 1.28 bits per heavy atom. The molecule has 0 fully saturated rings. The minimum Gasteiger partial charge on any atom is -0.396 e. The maximum absolute atomic E-state index is 5.68. The molecule has 0 radical (unpaired) electrons. The van der Waals surface area contributed by atoms with Crippen LogP contribution < -0.4 is 16.8 Å². The van der Waals surface area contributed by atoms with Crippen LogP contribution in [0.4, 0.5) is 17.3 Å². The van der Waals surface area contributed by atoms with Crippen LogP contribution in [0, 0.1) is 6.92 Å². The summed E-state index contributed by atoms with van der Waals surface area (Å²) in [4.78, 5) is 6.92. The summed E-state index contributed by atoms with van der Waals surface area (Å²) in [5.74, 6) is 1.14. The van der Waals surface area contributed by atoms with Crippen LogP contribution in [0.5, 0.6) is 0 Å². The van der Waals surface area contributed by atoms with Crippen molar-refractivity contribution in [3.8, 4) is 0 Å². The van der Waals surface area contributed by atoms with Crippen LogP contribution >= 0.6 is 11.3 Å². The van der Waals surface area contributed by atoms with E-state index >= 15 is 0 Å². The van der Waals surface area contributed by atoms with Gasteiger partial charge < -0.3 is 16.8 Å². The standard InChI is InChI=1S/C13H18N4S/c1-8(7-10-4-3-9(2)18-10)16-12-6-5-11(14)13(15)17-12/h3-6,8H,7,14H2,1-2H3,(H3,15,16,17). The average molecular weight is 262 g/mol. The van der Waals surface area contributed by atoms with E-state index in [0.717, 1.165) is 12.2 Å². The monoisotopic (exact) mass is 262 g/mol. The first-order valence-corrected chi connectivity index (χ1v) is 6.70. The van der Waals surface area contributed by atoms with Gasteiger partial charge in [-0.15, -0.1) is 11.3 Å². The van der Waals surface area contributed by atoms with Crippen molar-refractivity contribution >= 4 is 28.7 Å². The van der Waals surface area contributed by atoms with Crippen molar-refractivity contribution < 1.29 is 0 Å². The third kappa shape index (κ3) is 3.13. The average Bonchev–Trinajstić information content (AvgIpc) is 2.69. The number of nitrogens with one attached hydrogen (secondary N) is 1. The molecular weight excluding hydrogens is 244 g/mol. The number of anilines is 3. The number of hydrogen-bond acceptors (Lipinski definition) is 5. The molecule has 2 rings (SSSR count). The summed E-state index contributed by atoms with van der Waals surface area (Å²) in [5.41, 5.74) is 11.8. The molecular formula is C13H18N4S. The first-order chi connectivity index (χ1) is 8.54. The molecule has 0 aliphatic heterocycles. The van der Waals surface area contributed by atoms with Crippen molar-refractivity contribution in [3.63, 3.8) is 0 Å². The van der Waals surface area contributed by atoms with Gasteiger partial charge >= 0.3 is 0 Å². The molecule has 4 nitrogen and oxygen atoms in total. The smallest absolute Gasteiger partial charge is 0.149 e. The Morgan fingerprint density at radius 2 is 2.06 bits per heavy atom. The lowest BCUT2D eigenvalue weighted by Crippen LogP contribution is -2.18. The van der Waals surface area contributed by atoms with Gasteiger partial charge in [0.25, 0.3) is 0 Å². The zero-order chi connectivity index (χ0) is 13.1. The normalized spacial score (nSPS) is 12.3. The van der Waals surface area contributed by atoms with Crippen molar-refractivity contribution in [2.24, 2.45) is 0 Å². The highest BCUT2D eigenvalue weighted by Crippen LogP contribution is 2.19. The van der Waals surface area contributed by atoms with Gasteiger partial charge in [0, 0.05) is 22.2 Å². The summed E-state index contributed by atoms with van der Waals surface area (Å²) < 4.78 is 0.